The van der Waals surface area contributed by atoms with Crippen molar-refractivity contribution in [2.45, 2.75) is 40.0 Å². The second kappa shape index (κ2) is 4.34. The van der Waals surface area contributed by atoms with Crippen LogP contribution in [0.5, 0.6) is 0 Å². The fourth-order valence-corrected chi connectivity index (χ4v) is 1.76. The minimum Gasteiger partial charge on any atom is -0.385 e. The van der Waals surface area contributed by atoms with Gasteiger partial charge in [0.15, 0.2) is 0 Å². The van der Waals surface area contributed by atoms with Gasteiger partial charge in [-0.2, -0.15) is 0 Å². The highest BCUT2D eigenvalue weighted by atomic mass is 14.9. The van der Waals surface area contributed by atoms with E-state index in [0.29, 0.717) is 0 Å². The smallest absolute Gasteiger partial charge is 0.0358 e. The van der Waals surface area contributed by atoms with Gasteiger partial charge in [0.25, 0.3) is 0 Å². The van der Waals surface area contributed by atoms with Gasteiger partial charge in [0.05, 0.1) is 0 Å². The Bertz CT molecular complexity index is 216. The average Bonchev–Trinajstić information content (AvgIpc) is 2.09. The lowest BCUT2D eigenvalue weighted by Gasteiger charge is -2.19. The number of likely N-dealkylation sites (N-methyl/N-ethyl adjacent to an activating group) is 1. The molecule has 1 aliphatic carbocycles. The van der Waals surface area contributed by atoms with E-state index in [1.165, 1.54) is 30.5 Å². The fraction of sp³-hybridized carbons (Fsp3) is 0.636. The van der Waals surface area contributed by atoms with Gasteiger partial charge in [-0.25, -0.2) is 0 Å². The predicted molar refractivity (Wildman–Crippen MR) is 56.1 cm³/mol. The first kappa shape index (κ1) is 9.37. The Morgan fingerprint density at radius 2 is 2.25 bits per heavy atom. The molecule has 0 aliphatic heterocycles. The highest BCUT2D eigenvalue weighted by Crippen LogP contribution is 2.24. The molecule has 0 spiro atoms. The first-order valence-corrected chi connectivity index (χ1v) is 4.92. The molecule has 0 aromatic rings. The van der Waals surface area contributed by atoms with Crippen molar-refractivity contribution in [1.82, 2.24) is 5.32 Å². The number of hydrogen-bond donors (Lipinski definition) is 1. The van der Waals surface area contributed by atoms with E-state index < -0.39 is 0 Å². The van der Waals surface area contributed by atoms with E-state index in [4.69, 9.17) is 0 Å². The maximum atomic E-state index is 3.45. The van der Waals surface area contributed by atoms with Gasteiger partial charge in [0.1, 0.15) is 0 Å². The van der Waals surface area contributed by atoms with Crippen molar-refractivity contribution in [1.29, 1.82) is 0 Å². The summed E-state index contributed by atoms with van der Waals surface area (Å²) in [6, 6.07) is 0. The van der Waals surface area contributed by atoms with Gasteiger partial charge in [-0.1, -0.05) is 13.0 Å². The van der Waals surface area contributed by atoms with Crippen LogP contribution in [-0.2, 0) is 0 Å². The third kappa shape index (κ3) is 1.90. The Morgan fingerprint density at radius 1 is 1.50 bits per heavy atom. The maximum absolute atomic E-state index is 3.45. The molecule has 0 saturated carbocycles. The minimum absolute atomic E-state index is 0. The summed E-state index contributed by atoms with van der Waals surface area (Å²) in [7, 11) is 0. The zero-order valence-corrected chi connectivity index (χ0v) is 8.41. The van der Waals surface area contributed by atoms with Crippen LogP contribution in [0.1, 0.15) is 41.5 Å². The van der Waals surface area contributed by atoms with Crippen LogP contribution >= 0.6 is 0 Å². The summed E-state index contributed by atoms with van der Waals surface area (Å²) in [5.41, 5.74) is 4.43. The summed E-state index contributed by atoms with van der Waals surface area (Å²) in [5.74, 6) is 0. The molecule has 0 saturated heterocycles. The molecule has 0 fully saturated rings. The van der Waals surface area contributed by atoms with Crippen molar-refractivity contribution in [3.8, 4) is 0 Å². The van der Waals surface area contributed by atoms with Crippen LogP contribution in [0.4, 0.5) is 0 Å². The second-order valence-corrected chi connectivity index (χ2v) is 3.29. The molecule has 0 amide bonds. The molecular weight excluding hydrogens is 146 g/mol. The molecule has 1 N–H and O–H groups in total. The van der Waals surface area contributed by atoms with Gasteiger partial charge in [-0.05, 0) is 44.3 Å². The van der Waals surface area contributed by atoms with Crippen LogP contribution in [0.25, 0.3) is 0 Å². The van der Waals surface area contributed by atoms with Crippen molar-refractivity contribution in [3.05, 3.63) is 22.9 Å². The van der Waals surface area contributed by atoms with Crippen LogP contribution < -0.4 is 5.32 Å². The summed E-state index contributed by atoms with van der Waals surface area (Å²) in [6.07, 6.45) is 5.99. The SMILES string of the molecule is CCNC1=C(CC)CCC=C1C.[HH]. The molecule has 0 aromatic heterocycles. The molecule has 0 bridgehead atoms. The Labute approximate surface area is 77.0 Å². The van der Waals surface area contributed by atoms with Crippen molar-refractivity contribution < 1.29 is 1.43 Å². The van der Waals surface area contributed by atoms with Crippen molar-refractivity contribution >= 4 is 0 Å². The summed E-state index contributed by atoms with van der Waals surface area (Å²) >= 11 is 0. The number of rotatable bonds is 3. The normalized spacial score (nSPS) is 17.8. The van der Waals surface area contributed by atoms with E-state index >= 15 is 0 Å². The average molecular weight is 167 g/mol. The standard InChI is InChI=1S/C11H19N.H2/c1-4-10-8-6-7-9(3)11(10)12-5-2;/h7,12H,4-6,8H2,1-3H3;1H. The molecule has 0 unspecified atom stereocenters. The van der Waals surface area contributed by atoms with Crippen molar-refractivity contribution in [2.75, 3.05) is 6.54 Å². The van der Waals surface area contributed by atoms with Gasteiger partial charge < -0.3 is 5.32 Å². The van der Waals surface area contributed by atoms with Gasteiger partial charge in [0.2, 0.25) is 0 Å². The fourth-order valence-electron chi connectivity index (χ4n) is 1.76. The summed E-state index contributed by atoms with van der Waals surface area (Å²) in [6.45, 7) is 7.63. The van der Waals surface area contributed by atoms with E-state index in [-0.39, 0.29) is 1.43 Å². The lowest BCUT2D eigenvalue weighted by Crippen LogP contribution is -2.17. The molecule has 0 atom stereocenters. The van der Waals surface area contributed by atoms with E-state index in [0.717, 1.165) is 6.54 Å². The summed E-state index contributed by atoms with van der Waals surface area (Å²) in [4.78, 5) is 0. The van der Waals surface area contributed by atoms with E-state index in [2.05, 4.69) is 32.2 Å². The molecule has 12 heavy (non-hydrogen) atoms. The van der Waals surface area contributed by atoms with Crippen LogP contribution in [0.2, 0.25) is 0 Å². The Balaban J connectivity index is 0.00000144. The first-order valence-electron chi connectivity index (χ1n) is 4.92. The zero-order chi connectivity index (χ0) is 8.97. The predicted octanol–water partition coefficient (Wildman–Crippen LogP) is 3.25. The molecule has 1 aliphatic rings. The van der Waals surface area contributed by atoms with Crippen molar-refractivity contribution in [3.63, 3.8) is 0 Å². The lowest BCUT2D eigenvalue weighted by atomic mass is 9.95. The molecule has 0 aromatic carbocycles. The molecule has 70 valence electrons. The molecular formula is C11H21N. The van der Waals surface area contributed by atoms with Gasteiger partial charge >= 0.3 is 0 Å². The summed E-state index contributed by atoms with van der Waals surface area (Å²) < 4.78 is 0. The minimum atomic E-state index is 0. The van der Waals surface area contributed by atoms with Gasteiger partial charge in [-0.15, -0.1) is 0 Å². The Morgan fingerprint density at radius 3 is 2.83 bits per heavy atom. The Kier molecular flexibility index (Phi) is 3.39. The molecule has 0 radical (unpaired) electrons. The first-order chi connectivity index (χ1) is 5.79. The third-order valence-electron chi connectivity index (χ3n) is 2.42. The monoisotopic (exact) mass is 167 g/mol. The third-order valence-corrected chi connectivity index (χ3v) is 2.42. The lowest BCUT2D eigenvalue weighted by molar-refractivity contribution is 0.773. The van der Waals surface area contributed by atoms with E-state index in [1.54, 1.807) is 5.57 Å². The maximum Gasteiger partial charge on any atom is 0.0358 e. The Hall–Kier alpha value is -0.720. The topological polar surface area (TPSA) is 12.0 Å². The van der Waals surface area contributed by atoms with Gasteiger partial charge in [0, 0.05) is 13.7 Å². The quantitative estimate of drug-likeness (QED) is 0.680. The zero-order valence-electron chi connectivity index (χ0n) is 8.41. The van der Waals surface area contributed by atoms with E-state index in [9.17, 15) is 0 Å². The van der Waals surface area contributed by atoms with Crippen LogP contribution in [0, 0.1) is 0 Å². The van der Waals surface area contributed by atoms with E-state index in [1.807, 2.05) is 0 Å². The molecule has 1 rings (SSSR count). The van der Waals surface area contributed by atoms with Crippen LogP contribution in [0.3, 0.4) is 0 Å². The largest absolute Gasteiger partial charge is 0.385 e. The number of hydrogen-bond acceptors (Lipinski definition) is 1. The highest BCUT2D eigenvalue weighted by molar-refractivity contribution is 5.35. The molecule has 0 heterocycles. The highest BCUT2D eigenvalue weighted by Gasteiger charge is 2.09. The van der Waals surface area contributed by atoms with Crippen LogP contribution in [-0.4, -0.2) is 6.54 Å². The van der Waals surface area contributed by atoms with Crippen molar-refractivity contribution in [2.24, 2.45) is 0 Å². The van der Waals surface area contributed by atoms with Gasteiger partial charge in [-0.3, -0.25) is 0 Å². The molecule has 1 nitrogen and oxygen atoms in total. The number of allylic oxidation sites excluding steroid dienone is 3. The van der Waals surface area contributed by atoms with Crippen LogP contribution in [0.15, 0.2) is 22.9 Å². The molecule has 1 heteroatoms. The second-order valence-electron chi connectivity index (χ2n) is 3.29. The summed E-state index contributed by atoms with van der Waals surface area (Å²) in [5, 5.41) is 3.45. The number of nitrogens with one attached hydrogen (secondary N) is 1.